The maximum Gasteiger partial charge on any atom is 0.392 e. The molecule has 110 valence electrons. The first-order valence-electron chi connectivity index (χ1n) is 6.19. The molecule has 0 radical (unpaired) electrons. The van der Waals surface area contributed by atoms with Crippen molar-refractivity contribution >= 4 is 34.2 Å². The molecule has 1 unspecified atom stereocenters. The third-order valence-electron chi connectivity index (χ3n) is 3.90. The Hall–Kier alpha value is -0.880. The highest BCUT2D eigenvalue weighted by atomic mass is 35.5. The van der Waals surface area contributed by atoms with Crippen LogP contribution in [0.3, 0.4) is 0 Å². The van der Waals surface area contributed by atoms with E-state index in [1.54, 1.807) is 0 Å². The van der Waals surface area contributed by atoms with Crippen molar-refractivity contribution in [1.29, 1.82) is 0 Å². The Morgan fingerprint density at radius 2 is 1.95 bits per heavy atom. The van der Waals surface area contributed by atoms with Crippen LogP contribution in [0.4, 0.5) is 13.2 Å². The predicted octanol–water partition coefficient (Wildman–Crippen LogP) is 4.40. The minimum atomic E-state index is -4.11. The summed E-state index contributed by atoms with van der Waals surface area (Å²) in [7, 11) is 0. The fraction of sp³-hybridized carbons (Fsp3) is 0.538. The first-order valence-corrected chi connectivity index (χ1v) is 6.96. The third-order valence-corrected chi connectivity index (χ3v) is 4.73. The van der Waals surface area contributed by atoms with Gasteiger partial charge < -0.3 is 0 Å². The zero-order valence-electron chi connectivity index (χ0n) is 11.0. The van der Waals surface area contributed by atoms with Crippen molar-refractivity contribution < 1.29 is 13.2 Å². The van der Waals surface area contributed by atoms with E-state index < -0.39 is 12.1 Å². The summed E-state index contributed by atoms with van der Waals surface area (Å²) in [6.07, 6.45) is -3.50. The predicted molar refractivity (Wildman–Crippen MR) is 75.7 cm³/mol. The lowest BCUT2D eigenvalue weighted by molar-refractivity contribution is -0.177. The highest BCUT2D eigenvalue weighted by Crippen LogP contribution is 2.39. The molecule has 1 aliphatic rings. The second-order valence-corrected chi connectivity index (χ2v) is 5.84. The molecule has 2 aromatic heterocycles. The standard InChI is InChI=1S/C13H13F3N2S.ClH/c1-6-9-5-8(13(14,15)16)3-4-10(9)17-12-11(6)7(2)18-19-12;/h8H,3-5H2,1-2H3;1H. The van der Waals surface area contributed by atoms with Crippen molar-refractivity contribution in [2.75, 3.05) is 0 Å². The van der Waals surface area contributed by atoms with Gasteiger partial charge in [-0.05, 0) is 55.8 Å². The molecule has 0 amide bonds. The number of nitrogens with zero attached hydrogens (tertiary/aromatic N) is 2. The van der Waals surface area contributed by atoms with Gasteiger partial charge in [-0.2, -0.15) is 17.5 Å². The van der Waals surface area contributed by atoms with E-state index in [0.29, 0.717) is 6.42 Å². The van der Waals surface area contributed by atoms with E-state index in [1.807, 2.05) is 13.8 Å². The number of halogens is 4. The lowest BCUT2D eigenvalue weighted by Crippen LogP contribution is -2.29. The molecule has 2 heterocycles. The average molecular weight is 323 g/mol. The van der Waals surface area contributed by atoms with Gasteiger partial charge in [0.15, 0.2) is 0 Å². The largest absolute Gasteiger partial charge is 0.392 e. The minimum absolute atomic E-state index is 0. The van der Waals surface area contributed by atoms with E-state index >= 15 is 0 Å². The first kappa shape index (κ1) is 15.5. The lowest BCUT2D eigenvalue weighted by Gasteiger charge is -2.27. The third kappa shape index (κ3) is 2.39. The number of hydrogen-bond donors (Lipinski definition) is 0. The summed E-state index contributed by atoms with van der Waals surface area (Å²) in [5, 5.41) is 0.937. The highest BCUT2D eigenvalue weighted by molar-refractivity contribution is 7.13. The summed E-state index contributed by atoms with van der Waals surface area (Å²) in [5.74, 6) is -1.23. The quantitative estimate of drug-likeness (QED) is 0.718. The van der Waals surface area contributed by atoms with E-state index in [0.717, 1.165) is 32.7 Å². The van der Waals surface area contributed by atoms with Gasteiger partial charge >= 0.3 is 6.18 Å². The molecule has 0 saturated heterocycles. The van der Waals surface area contributed by atoms with Gasteiger partial charge in [-0.25, -0.2) is 4.98 Å². The zero-order valence-corrected chi connectivity index (χ0v) is 12.7. The lowest BCUT2D eigenvalue weighted by atomic mass is 9.83. The number of rotatable bonds is 0. The van der Waals surface area contributed by atoms with Crippen LogP contribution in [-0.2, 0) is 12.8 Å². The van der Waals surface area contributed by atoms with Crippen LogP contribution >= 0.6 is 23.9 Å². The zero-order chi connectivity index (χ0) is 13.8. The maximum atomic E-state index is 12.9. The smallest absolute Gasteiger partial charge is 0.240 e. The Bertz CT molecular complexity index is 651. The van der Waals surface area contributed by atoms with Gasteiger partial charge in [0.25, 0.3) is 0 Å². The molecule has 0 N–H and O–H groups in total. The van der Waals surface area contributed by atoms with Gasteiger partial charge in [0, 0.05) is 11.1 Å². The van der Waals surface area contributed by atoms with Gasteiger partial charge in [-0.15, -0.1) is 12.4 Å². The van der Waals surface area contributed by atoms with Crippen LogP contribution < -0.4 is 0 Å². The van der Waals surface area contributed by atoms with Crippen molar-refractivity contribution in [1.82, 2.24) is 9.36 Å². The molecule has 2 aromatic rings. The van der Waals surface area contributed by atoms with Crippen molar-refractivity contribution in [2.45, 2.75) is 39.3 Å². The van der Waals surface area contributed by atoms with E-state index in [-0.39, 0.29) is 25.2 Å². The van der Waals surface area contributed by atoms with E-state index in [9.17, 15) is 13.2 Å². The van der Waals surface area contributed by atoms with E-state index in [4.69, 9.17) is 0 Å². The summed E-state index contributed by atoms with van der Waals surface area (Å²) in [4.78, 5) is 5.35. The van der Waals surface area contributed by atoms with E-state index in [2.05, 4.69) is 9.36 Å². The number of hydrogen-bond acceptors (Lipinski definition) is 3. The number of pyridine rings is 1. The Kier molecular flexibility index (Phi) is 3.99. The average Bonchev–Trinajstić information content (AvgIpc) is 2.70. The van der Waals surface area contributed by atoms with Crippen LogP contribution in [-0.4, -0.2) is 15.5 Å². The van der Waals surface area contributed by atoms with Crippen LogP contribution in [0.15, 0.2) is 0 Å². The topological polar surface area (TPSA) is 25.8 Å². The molecule has 0 saturated carbocycles. The first-order chi connectivity index (χ1) is 8.88. The fourth-order valence-electron chi connectivity index (χ4n) is 2.84. The molecular formula is C13H14ClF3N2S. The molecule has 1 aliphatic carbocycles. The highest BCUT2D eigenvalue weighted by Gasteiger charge is 2.42. The monoisotopic (exact) mass is 322 g/mol. The normalized spacial score (nSPS) is 18.8. The number of fused-ring (bicyclic) bond motifs is 2. The second-order valence-electron chi connectivity index (χ2n) is 5.09. The Morgan fingerprint density at radius 3 is 2.60 bits per heavy atom. The molecule has 1 atom stereocenters. The Labute approximate surface area is 125 Å². The molecule has 0 bridgehead atoms. The molecule has 3 rings (SSSR count). The SMILES string of the molecule is Cc1nsc2nc3c(c(C)c12)CC(C(F)(F)F)CC3.Cl. The Morgan fingerprint density at radius 1 is 1.25 bits per heavy atom. The Balaban J connectivity index is 0.00000147. The summed E-state index contributed by atoms with van der Waals surface area (Å²) in [5.41, 5.74) is 3.40. The molecule has 20 heavy (non-hydrogen) atoms. The van der Waals surface area contributed by atoms with Gasteiger partial charge in [-0.1, -0.05) is 0 Å². The van der Waals surface area contributed by atoms with Crippen LogP contribution in [0, 0.1) is 19.8 Å². The maximum absolute atomic E-state index is 12.9. The van der Waals surface area contributed by atoms with Crippen molar-refractivity contribution in [3.8, 4) is 0 Å². The van der Waals surface area contributed by atoms with Gasteiger partial charge in [0.1, 0.15) is 4.83 Å². The molecule has 0 spiro atoms. The molecule has 0 aliphatic heterocycles. The van der Waals surface area contributed by atoms with Gasteiger partial charge in [0.05, 0.1) is 11.6 Å². The summed E-state index contributed by atoms with van der Waals surface area (Å²) in [6, 6.07) is 0. The van der Waals surface area contributed by atoms with Crippen molar-refractivity contribution in [3.05, 3.63) is 22.5 Å². The van der Waals surface area contributed by atoms with Crippen LogP contribution in [0.1, 0.15) is 28.9 Å². The minimum Gasteiger partial charge on any atom is -0.240 e. The summed E-state index contributed by atoms with van der Waals surface area (Å²) in [6.45, 7) is 3.77. The van der Waals surface area contributed by atoms with Crippen LogP contribution in [0.2, 0.25) is 0 Å². The molecule has 0 fully saturated rings. The number of aromatic nitrogens is 2. The van der Waals surface area contributed by atoms with Crippen LogP contribution in [0.5, 0.6) is 0 Å². The fourth-order valence-corrected chi connectivity index (χ4v) is 3.70. The molecule has 2 nitrogen and oxygen atoms in total. The molecule has 7 heteroatoms. The van der Waals surface area contributed by atoms with Crippen molar-refractivity contribution in [2.24, 2.45) is 5.92 Å². The van der Waals surface area contributed by atoms with Gasteiger partial charge in [0.2, 0.25) is 0 Å². The summed E-state index contributed by atoms with van der Waals surface area (Å²) < 4.78 is 42.9. The van der Waals surface area contributed by atoms with Gasteiger partial charge in [-0.3, -0.25) is 0 Å². The number of alkyl halides is 3. The van der Waals surface area contributed by atoms with Crippen molar-refractivity contribution in [3.63, 3.8) is 0 Å². The number of aryl methyl sites for hydroxylation is 3. The second kappa shape index (κ2) is 5.15. The summed E-state index contributed by atoms with van der Waals surface area (Å²) >= 11 is 1.32. The molecule has 0 aromatic carbocycles. The molecular weight excluding hydrogens is 309 g/mol. The van der Waals surface area contributed by atoms with E-state index in [1.165, 1.54) is 11.5 Å². The van der Waals surface area contributed by atoms with Crippen LogP contribution in [0.25, 0.3) is 10.2 Å².